The molecule has 4 nitrogen and oxygen atoms in total. The lowest BCUT2D eigenvalue weighted by Crippen LogP contribution is -2.36. The molecule has 0 radical (unpaired) electrons. The van der Waals surface area contributed by atoms with E-state index >= 15 is 0 Å². The topological polar surface area (TPSA) is 63.2 Å². The lowest BCUT2D eigenvalue weighted by Gasteiger charge is -2.17. The molecule has 0 fully saturated rings. The number of halogens is 3. The Balaban J connectivity index is 3.21. The van der Waals surface area contributed by atoms with Gasteiger partial charge >= 0.3 is 0 Å². The van der Waals surface area contributed by atoms with Crippen LogP contribution < -0.4 is 5.32 Å². The van der Waals surface area contributed by atoms with Gasteiger partial charge in [-0.3, -0.25) is 4.79 Å². The number of hydrogen-bond donors (Lipinski definition) is 1. The van der Waals surface area contributed by atoms with Crippen molar-refractivity contribution < 1.29 is 17.6 Å². The van der Waals surface area contributed by atoms with Gasteiger partial charge in [-0.25, -0.2) is 12.8 Å². The van der Waals surface area contributed by atoms with Crippen LogP contribution in [0.3, 0.4) is 0 Å². The Bertz CT molecular complexity index is 634. The maximum absolute atomic E-state index is 13.7. The molecule has 0 heterocycles. The zero-order chi connectivity index (χ0) is 15.7. The Morgan fingerprint density at radius 3 is 2.35 bits per heavy atom. The van der Waals surface area contributed by atoms with E-state index in [0.29, 0.717) is 0 Å². The normalized spacial score (nSPS) is 13.3. The third-order valence-electron chi connectivity index (χ3n) is 2.88. The SMILES string of the molecule is CC(C)C(C)NC(=O)c1cc(F)c(Br)c(S(=O)(=O)Cl)c1. The number of amides is 1. The van der Waals surface area contributed by atoms with E-state index in [1.807, 2.05) is 13.8 Å². The van der Waals surface area contributed by atoms with E-state index in [1.165, 1.54) is 0 Å². The van der Waals surface area contributed by atoms with Gasteiger partial charge in [-0.15, -0.1) is 0 Å². The van der Waals surface area contributed by atoms with Crippen molar-refractivity contribution >= 4 is 41.6 Å². The van der Waals surface area contributed by atoms with Crippen LogP contribution in [0.5, 0.6) is 0 Å². The highest BCUT2D eigenvalue weighted by molar-refractivity contribution is 9.10. The quantitative estimate of drug-likeness (QED) is 0.808. The average molecular weight is 387 g/mol. The van der Waals surface area contributed by atoms with Crippen LogP contribution in [0.15, 0.2) is 21.5 Å². The van der Waals surface area contributed by atoms with Crippen molar-refractivity contribution in [2.45, 2.75) is 31.7 Å². The minimum Gasteiger partial charge on any atom is -0.349 e. The van der Waals surface area contributed by atoms with Crippen LogP contribution in [0.25, 0.3) is 0 Å². The fraction of sp³-hybridized carbons (Fsp3) is 0.417. The van der Waals surface area contributed by atoms with Crippen molar-refractivity contribution in [3.05, 3.63) is 28.0 Å². The van der Waals surface area contributed by atoms with E-state index in [9.17, 15) is 17.6 Å². The maximum Gasteiger partial charge on any atom is 0.262 e. The summed E-state index contributed by atoms with van der Waals surface area (Å²) in [5.41, 5.74) is -0.0996. The van der Waals surface area contributed by atoms with Crippen molar-refractivity contribution in [1.82, 2.24) is 5.32 Å². The smallest absolute Gasteiger partial charge is 0.262 e. The molecule has 1 aromatic rings. The molecule has 0 spiro atoms. The summed E-state index contributed by atoms with van der Waals surface area (Å²) >= 11 is 2.80. The van der Waals surface area contributed by atoms with Crippen molar-refractivity contribution in [1.29, 1.82) is 0 Å². The molecule has 0 saturated heterocycles. The standard InChI is InChI=1S/C12H14BrClFNO3S/c1-6(2)7(3)16-12(17)8-4-9(15)11(13)10(5-8)20(14,18)19/h4-7H,1-3H3,(H,16,17). The Hall–Kier alpha value is -0.660. The zero-order valence-corrected chi connectivity index (χ0v) is 14.2. The van der Waals surface area contributed by atoms with Crippen molar-refractivity contribution in [2.75, 3.05) is 0 Å². The molecule has 8 heteroatoms. The molecule has 0 aliphatic heterocycles. The van der Waals surface area contributed by atoms with Crippen LogP contribution in [0, 0.1) is 11.7 Å². The van der Waals surface area contributed by atoms with Gasteiger partial charge in [0.2, 0.25) is 0 Å². The van der Waals surface area contributed by atoms with Gasteiger partial charge in [0.1, 0.15) is 10.7 Å². The first-order chi connectivity index (χ1) is 9.04. The molecule has 0 saturated carbocycles. The molecule has 0 bridgehead atoms. The summed E-state index contributed by atoms with van der Waals surface area (Å²) in [6.07, 6.45) is 0. The minimum atomic E-state index is -4.15. The first-order valence-electron chi connectivity index (χ1n) is 5.78. The van der Waals surface area contributed by atoms with Gasteiger partial charge in [-0.1, -0.05) is 13.8 Å². The van der Waals surface area contributed by atoms with E-state index in [2.05, 4.69) is 21.2 Å². The number of rotatable bonds is 4. The van der Waals surface area contributed by atoms with E-state index in [-0.39, 0.29) is 22.0 Å². The van der Waals surface area contributed by atoms with E-state index in [1.54, 1.807) is 6.92 Å². The Morgan fingerprint density at radius 2 is 1.90 bits per heavy atom. The molecule has 112 valence electrons. The highest BCUT2D eigenvalue weighted by Crippen LogP contribution is 2.29. The van der Waals surface area contributed by atoms with Crippen molar-refractivity contribution in [3.8, 4) is 0 Å². The molecule has 1 N–H and O–H groups in total. The second-order valence-corrected chi connectivity index (χ2v) is 8.04. The number of carbonyl (C=O) groups excluding carboxylic acids is 1. The van der Waals surface area contributed by atoms with E-state index in [4.69, 9.17) is 10.7 Å². The van der Waals surface area contributed by atoms with Crippen LogP contribution in [-0.4, -0.2) is 20.4 Å². The highest BCUT2D eigenvalue weighted by atomic mass is 79.9. The first kappa shape index (κ1) is 17.4. The van der Waals surface area contributed by atoms with Gasteiger partial charge < -0.3 is 5.32 Å². The molecular weight excluding hydrogens is 373 g/mol. The molecule has 1 unspecified atom stereocenters. The van der Waals surface area contributed by atoms with E-state index < -0.39 is 25.7 Å². The van der Waals surface area contributed by atoms with E-state index in [0.717, 1.165) is 12.1 Å². The molecule has 20 heavy (non-hydrogen) atoms. The van der Waals surface area contributed by atoms with Gasteiger partial charge in [0.05, 0.1) is 4.47 Å². The van der Waals surface area contributed by atoms with Crippen LogP contribution >= 0.6 is 26.6 Å². The van der Waals surface area contributed by atoms with Gasteiger partial charge in [-0.2, -0.15) is 0 Å². The Morgan fingerprint density at radius 1 is 1.35 bits per heavy atom. The summed E-state index contributed by atoms with van der Waals surface area (Å²) in [7, 11) is 1.06. The van der Waals surface area contributed by atoms with Gasteiger partial charge in [0, 0.05) is 22.3 Å². The van der Waals surface area contributed by atoms with Crippen LogP contribution in [-0.2, 0) is 9.05 Å². The second kappa shape index (κ2) is 6.41. The number of hydrogen-bond acceptors (Lipinski definition) is 3. The monoisotopic (exact) mass is 385 g/mol. The molecular formula is C12H14BrClFNO3S. The molecule has 1 amide bonds. The molecule has 0 aromatic heterocycles. The summed E-state index contributed by atoms with van der Waals surface area (Å²) < 4.78 is 36.1. The Kier molecular flexibility index (Phi) is 5.57. The van der Waals surface area contributed by atoms with Crippen LogP contribution in [0.1, 0.15) is 31.1 Å². The fourth-order valence-corrected chi connectivity index (χ4v) is 3.42. The average Bonchev–Trinajstić information content (AvgIpc) is 2.30. The third kappa shape index (κ3) is 4.17. The minimum absolute atomic E-state index is 0.0996. The predicted molar refractivity (Wildman–Crippen MR) is 78.9 cm³/mol. The summed E-state index contributed by atoms with van der Waals surface area (Å²) in [5, 5.41) is 2.66. The fourth-order valence-electron chi connectivity index (χ4n) is 1.33. The van der Waals surface area contributed by atoms with Crippen LogP contribution in [0.4, 0.5) is 4.39 Å². The third-order valence-corrected chi connectivity index (χ3v) is 5.29. The van der Waals surface area contributed by atoms with Crippen molar-refractivity contribution in [2.24, 2.45) is 5.92 Å². The van der Waals surface area contributed by atoms with Gasteiger partial charge in [0.15, 0.2) is 0 Å². The van der Waals surface area contributed by atoms with Crippen molar-refractivity contribution in [3.63, 3.8) is 0 Å². The number of benzene rings is 1. The lowest BCUT2D eigenvalue weighted by atomic mass is 10.1. The Labute approximate surface area is 130 Å². The highest BCUT2D eigenvalue weighted by Gasteiger charge is 2.22. The maximum atomic E-state index is 13.7. The number of carbonyl (C=O) groups is 1. The van der Waals surface area contributed by atoms with Gasteiger partial charge in [-0.05, 0) is 40.9 Å². The number of nitrogens with one attached hydrogen (secondary N) is 1. The summed E-state index contributed by atoms with van der Waals surface area (Å²) in [6, 6.07) is 1.86. The largest absolute Gasteiger partial charge is 0.349 e. The predicted octanol–water partition coefficient (Wildman–Crippen LogP) is 3.29. The molecule has 1 aromatic carbocycles. The summed E-state index contributed by atoms with van der Waals surface area (Å²) in [5.74, 6) is -1.23. The molecule has 0 aliphatic rings. The first-order valence-corrected chi connectivity index (χ1v) is 8.88. The molecule has 1 atom stereocenters. The molecule has 1 rings (SSSR count). The van der Waals surface area contributed by atoms with Crippen LogP contribution in [0.2, 0.25) is 0 Å². The second-order valence-electron chi connectivity index (χ2n) is 4.71. The summed E-state index contributed by atoms with van der Waals surface area (Å²) in [6.45, 7) is 5.64. The molecule has 0 aliphatic carbocycles. The lowest BCUT2D eigenvalue weighted by molar-refractivity contribution is 0.0930. The zero-order valence-electron chi connectivity index (χ0n) is 11.1. The summed E-state index contributed by atoms with van der Waals surface area (Å²) in [4.78, 5) is 11.5. The van der Waals surface area contributed by atoms with Gasteiger partial charge in [0.25, 0.3) is 15.0 Å².